The summed E-state index contributed by atoms with van der Waals surface area (Å²) in [6.45, 7) is 3.42. The van der Waals surface area contributed by atoms with Crippen LogP contribution in [0.15, 0.2) is 46.4 Å². The van der Waals surface area contributed by atoms with Crippen molar-refractivity contribution in [3.63, 3.8) is 0 Å². The van der Waals surface area contributed by atoms with Crippen LogP contribution in [-0.4, -0.2) is 23.5 Å². The second kappa shape index (κ2) is 7.88. The van der Waals surface area contributed by atoms with Gasteiger partial charge in [-0.25, -0.2) is 9.69 Å². The van der Waals surface area contributed by atoms with Crippen molar-refractivity contribution in [2.45, 2.75) is 45.4 Å². The smallest absolute Gasteiger partial charge is 0.288 e. The maximum absolute atomic E-state index is 13.4. The molecule has 0 N–H and O–H groups in total. The Bertz CT molecular complexity index is 1230. The average Bonchev–Trinajstić information content (AvgIpc) is 2.75. The molecular weight excluding hydrogens is 394 g/mol. The molecule has 1 aliphatic carbocycles. The van der Waals surface area contributed by atoms with Crippen LogP contribution in [0.3, 0.4) is 0 Å². The summed E-state index contributed by atoms with van der Waals surface area (Å²) < 4.78 is 6.58. The molecule has 2 aliphatic rings. The van der Waals surface area contributed by atoms with Gasteiger partial charge in [0, 0.05) is 30.0 Å². The van der Waals surface area contributed by atoms with E-state index in [-0.39, 0.29) is 23.7 Å². The average molecular weight is 417 g/mol. The zero-order chi connectivity index (χ0) is 22.3. The van der Waals surface area contributed by atoms with Crippen molar-refractivity contribution in [3.8, 4) is 11.8 Å². The first-order valence-electron chi connectivity index (χ1n) is 10.2. The van der Waals surface area contributed by atoms with Crippen LogP contribution in [-0.2, 0) is 9.59 Å². The first-order chi connectivity index (χ1) is 14.9. The first kappa shape index (κ1) is 20.6. The van der Waals surface area contributed by atoms with E-state index in [2.05, 4.69) is 0 Å². The zero-order valence-electron chi connectivity index (χ0n) is 17.8. The highest BCUT2D eigenvalue weighted by Crippen LogP contribution is 2.41. The molecule has 31 heavy (non-hydrogen) atoms. The molecule has 158 valence electrons. The highest BCUT2D eigenvalue weighted by molar-refractivity contribution is 6.04. The second-order valence-electron chi connectivity index (χ2n) is 7.95. The van der Waals surface area contributed by atoms with E-state index >= 15 is 0 Å². The van der Waals surface area contributed by atoms with Gasteiger partial charge in [0.2, 0.25) is 5.91 Å². The quantitative estimate of drug-likeness (QED) is 0.765. The summed E-state index contributed by atoms with van der Waals surface area (Å²) in [7, 11) is 1.57. The summed E-state index contributed by atoms with van der Waals surface area (Å²) in [5, 5.41) is 10.8. The Labute approximate surface area is 180 Å². The van der Waals surface area contributed by atoms with Gasteiger partial charge in [0.05, 0.1) is 12.8 Å². The number of ether oxygens (including phenoxy) is 1. The summed E-state index contributed by atoms with van der Waals surface area (Å²) >= 11 is 0. The molecule has 0 unspecified atom stereocenters. The molecular formula is C24H23N3O4. The monoisotopic (exact) mass is 417 g/mol. The van der Waals surface area contributed by atoms with Crippen molar-refractivity contribution >= 4 is 11.7 Å². The zero-order valence-corrected chi connectivity index (χ0v) is 17.8. The standard InChI is InChI=1S/C24H23N3O4/c1-14-10-15(2)26(24(30)19(14)13-25)27-20-8-5-9-21(28)23(20)18(12-22(27)29)16-6-4-7-17(11-16)31-3/h4,6-7,10-11,18H,5,8-9,12H2,1-3H3/t18-/m0/s1. The molecule has 7 nitrogen and oxygen atoms in total. The minimum absolute atomic E-state index is 0.00222. The van der Waals surface area contributed by atoms with Crippen LogP contribution in [0.1, 0.15) is 54.0 Å². The number of carbonyl (C=O) groups excluding carboxylic acids is 2. The lowest BCUT2D eigenvalue weighted by Crippen LogP contribution is -2.52. The number of amides is 1. The molecule has 1 aromatic heterocycles. The summed E-state index contributed by atoms with van der Waals surface area (Å²) in [4.78, 5) is 39.5. The van der Waals surface area contributed by atoms with E-state index in [0.29, 0.717) is 47.5 Å². The Morgan fingerprint density at radius 1 is 1.13 bits per heavy atom. The Morgan fingerprint density at radius 3 is 2.61 bits per heavy atom. The van der Waals surface area contributed by atoms with Crippen LogP contribution in [0.4, 0.5) is 0 Å². The number of nitrogens with zero attached hydrogens (tertiary/aromatic N) is 3. The number of hydrogen-bond donors (Lipinski definition) is 0. The van der Waals surface area contributed by atoms with Crippen molar-refractivity contribution in [3.05, 3.63) is 74.3 Å². The van der Waals surface area contributed by atoms with Gasteiger partial charge < -0.3 is 4.74 Å². The molecule has 4 rings (SSSR count). The molecule has 0 spiro atoms. The molecule has 1 atom stereocenters. The summed E-state index contributed by atoms with van der Waals surface area (Å²) in [6.07, 6.45) is 1.58. The Hall–Kier alpha value is -3.66. The fraction of sp³-hybridized carbons (Fsp3) is 0.333. The van der Waals surface area contributed by atoms with E-state index in [0.717, 1.165) is 5.56 Å². The minimum atomic E-state index is -0.543. The highest BCUT2D eigenvalue weighted by atomic mass is 16.5. The molecule has 1 aliphatic heterocycles. The second-order valence-corrected chi connectivity index (χ2v) is 7.95. The van der Waals surface area contributed by atoms with Crippen LogP contribution >= 0.6 is 0 Å². The van der Waals surface area contributed by atoms with Gasteiger partial charge in [0.15, 0.2) is 5.78 Å². The number of Topliss-reactive ketones (excluding diaryl/α,β-unsaturated/α-hetero) is 1. The van der Waals surface area contributed by atoms with E-state index in [1.54, 1.807) is 27.0 Å². The number of rotatable bonds is 3. The number of aryl methyl sites for hydroxylation is 2. The van der Waals surface area contributed by atoms with E-state index < -0.39 is 11.5 Å². The van der Waals surface area contributed by atoms with E-state index in [1.165, 1.54) is 9.69 Å². The summed E-state index contributed by atoms with van der Waals surface area (Å²) in [5.41, 5.74) is 2.52. The van der Waals surface area contributed by atoms with Crippen molar-refractivity contribution in [1.29, 1.82) is 5.26 Å². The number of ketones is 1. The van der Waals surface area contributed by atoms with Crippen molar-refractivity contribution < 1.29 is 14.3 Å². The highest BCUT2D eigenvalue weighted by Gasteiger charge is 2.41. The molecule has 0 bridgehead atoms. The number of nitriles is 1. The van der Waals surface area contributed by atoms with Crippen LogP contribution in [0.2, 0.25) is 0 Å². The molecule has 0 fully saturated rings. The third kappa shape index (κ3) is 3.34. The summed E-state index contributed by atoms with van der Waals surface area (Å²) in [5.74, 6) is -0.0234. The number of benzene rings is 1. The van der Waals surface area contributed by atoms with Crippen LogP contribution < -0.4 is 15.3 Å². The molecule has 1 amide bonds. The number of aromatic nitrogens is 1. The largest absolute Gasteiger partial charge is 0.497 e. The van der Waals surface area contributed by atoms with Gasteiger partial charge in [-0.2, -0.15) is 5.26 Å². The SMILES string of the molecule is COc1cccc([C@@H]2CC(=O)N(n3c(C)cc(C)c(C#N)c3=O)C3=C2C(=O)CCC3)c1. The third-order valence-electron chi connectivity index (χ3n) is 6.02. The van der Waals surface area contributed by atoms with Gasteiger partial charge in [-0.15, -0.1) is 0 Å². The molecule has 1 aromatic carbocycles. The number of carbonyl (C=O) groups is 2. The number of methoxy groups -OCH3 is 1. The van der Waals surface area contributed by atoms with Gasteiger partial charge in [-0.1, -0.05) is 12.1 Å². The molecule has 0 saturated carbocycles. The molecule has 0 radical (unpaired) electrons. The maximum atomic E-state index is 13.4. The topological polar surface area (TPSA) is 92.4 Å². The Kier molecular flexibility index (Phi) is 5.24. The minimum Gasteiger partial charge on any atom is -0.497 e. The van der Waals surface area contributed by atoms with Crippen molar-refractivity contribution in [2.75, 3.05) is 12.1 Å². The van der Waals surface area contributed by atoms with E-state index in [1.807, 2.05) is 30.3 Å². The van der Waals surface area contributed by atoms with Gasteiger partial charge in [0.25, 0.3) is 5.56 Å². The van der Waals surface area contributed by atoms with Gasteiger partial charge in [-0.3, -0.25) is 14.4 Å². The molecule has 7 heteroatoms. The predicted octanol–water partition coefficient (Wildman–Crippen LogP) is 3.00. The molecule has 2 heterocycles. The predicted molar refractivity (Wildman–Crippen MR) is 114 cm³/mol. The number of allylic oxidation sites excluding steroid dienone is 2. The maximum Gasteiger partial charge on any atom is 0.288 e. The third-order valence-corrected chi connectivity index (χ3v) is 6.02. The van der Waals surface area contributed by atoms with E-state index in [4.69, 9.17) is 4.74 Å². The fourth-order valence-electron chi connectivity index (χ4n) is 4.62. The molecule has 0 saturated heterocycles. The Balaban J connectivity index is 1.95. The fourth-order valence-corrected chi connectivity index (χ4v) is 4.62. The Morgan fingerprint density at radius 2 is 1.90 bits per heavy atom. The van der Waals surface area contributed by atoms with Gasteiger partial charge >= 0.3 is 0 Å². The van der Waals surface area contributed by atoms with Gasteiger partial charge in [-0.05, 0) is 56.0 Å². The number of hydrogen-bond acceptors (Lipinski definition) is 5. The van der Waals surface area contributed by atoms with E-state index in [9.17, 15) is 19.6 Å². The summed E-state index contributed by atoms with van der Waals surface area (Å²) in [6, 6.07) is 11.0. The lowest BCUT2D eigenvalue weighted by molar-refractivity contribution is -0.121. The lowest BCUT2D eigenvalue weighted by Gasteiger charge is -2.39. The van der Waals surface area contributed by atoms with Crippen LogP contribution in [0, 0.1) is 25.2 Å². The number of pyridine rings is 1. The first-order valence-corrected chi connectivity index (χ1v) is 10.2. The van der Waals surface area contributed by atoms with Crippen LogP contribution in [0.5, 0.6) is 5.75 Å². The van der Waals surface area contributed by atoms with Crippen LogP contribution in [0.25, 0.3) is 0 Å². The van der Waals surface area contributed by atoms with Crippen molar-refractivity contribution in [1.82, 2.24) is 4.68 Å². The molecule has 2 aromatic rings. The normalized spacial score (nSPS) is 18.6. The van der Waals surface area contributed by atoms with Gasteiger partial charge in [0.1, 0.15) is 17.4 Å². The lowest BCUT2D eigenvalue weighted by atomic mass is 9.77. The van der Waals surface area contributed by atoms with Crippen molar-refractivity contribution in [2.24, 2.45) is 0 Å².